The number of hydrogen-bond acceptors (Lipinski definition) is 2. The van der Waals surface area contributed by atoms with Crippen molar-refractivity contribution < 1.29 is 4.74 Å². The molecular weight excluding hydrogens is 248 g/mol. The average molecular weight is 265 g/mol. The molecule has 0 saturated carbocycles. The van der Waals surface area contributed by atoms with Crippen LogP contribution in [0.25, 0.3) is 5.69 Å². The lowest BCUT2D eigenvalue weighted by atomic mass is 10.2. The molecule has 1 aromatic carbocycles. The minimum absolute atomic E-state index is 0.500. The van der Waals surface area contributed by atoms with Crippen LogP contribution in [0.15, 0.2) is 30.5 Å². The van der Waals surface area contributed by atoms with Crippen LogP contribution in [0.5, 0.6) is 5.75 Å². The Morgan fingerprint density at radius 3 is 2.50 bits per heavy atom. The first kappa shape index (κ1) is 13.0. The summed E-state index contributed by atoms with van der Waals surface area (Å²) in [6, 6.07) is 7.94. The third-order valence-corrected chi connectivity index (χ3v) is 3.11. The Morgan fingerprint density at radius 1 is 1.22 bits per heavy atom. The Hall–Kier alpha value is -1.48. The zero-order chi connectivity index (χ0) is 13.0. The van der Waals surface area contributed by atoms with Gasteiger partial charge in [0.15, 0.2) is 0 Å². The van der Waals surface area contributed by atoms with E-state index in [9.17, 15) is 0 Å². The number of aromatic nitrogens is 2. The van der Waals surface area contributed by atoms with E-state index in [0.29, 0.717) is 12.5 Å². The van der Waals surface area contributed by atoms with E-state index in [2.05, 4.69) is 12.0 Å². The molecule has 0 spiro atoms. The lowest BCUT2D eigenvalue weighted by molar-refractivity contribution is 0.340. The Labute approximate surface area is 112 Å². The van der Waals surface area contributed by atoms with E-state index in [4.69, 9.17) is 16.3 Å². The summed E-state index contributed by atoms with van der Waals surface area (Å²) in [5.41, 5.74) is 3.29. The quantitative estimate of drug-likeness (QED) is 0.772. The van der Waals surface area contributed by atoms with Gasteiger partial charge < -0.3 is 4.74 Å². The number of alkyl halides is 1. The molecular formula is C14H17ClN2O. The molecule has 0 atom stereocenters. The van der Waals surface area contributed by atoms with Gasteiger partial charge in [-0.25, -0.2) is 4.68 Å². The van der Waals surface area contributed by atoms with Crippen molar-refractivity contribution >= 4 is 11.6 Å². The van der Waals surface area contributed by atoms with Crippen LogP contribution in [0.3, 0.4) is 0 Å². The number of halogens is 1. The molecule has 0 fully saturated rings. The zero-order valence-corrected chi connectivity index (χ0v) is 11.4. The molecule has 1 aromatic heterocycles. The molecule has 0 bridgehead atoms. The van der Waals surface area contributed by atoms with Crippen molar-refractivity contribution in [1.82, 2.24) is 9.78 Å². The summed E-state index contributed by atoms with van der Waals surface area (Å²) in [7, 11) is 0. The fourth-order valence-electron chi connectivity index (χ4n) is 1.97. The third kappa shape index (κ3) is 2.51. The Kier molecular flexibility index (Phi) is 4.26. The number of rotatable bonds is 5. The molecule has 0 aliphatic carbocycles. The second-order valence-electron chi connectivity index (χ2n) is 3.94. The first-order valence-corrected chi connectivity index (χ1v) is 6.68. The zero-order valence-electron chi connectivity index (χ0n) is 10.7. The molecule has 0 amide bonds. The van der Waals surface area contributed by atoms with E-state index >= 15 is 0 Å². The van der Waals surface area contributed by atoms with Crippen LogP contribution in [0.4, 0.5) is 0 Å². The summed E-state index contributed by atoms with van der Waals surface area (Å²) in [5.74, 6) is 1.38. The van der Waals surface area contributed by atoms with Crippen molar-refractivity contribution in [2.75, 3.05) is 6.61 Å². The maximum Gasteiger partial charge on any atom is 0.119 e. The van der Waals surface area contributed by atoms with Crippen LogP contribution in [-0.2, 0) is 12.3 Å². The Balaban J connectivity index is 2.33. The molecule has 0 aliphatic heterocycles. The van der Waals surface area contributed by atoms with E-state index < -0.39 is 0 Å². The lowest BCUT2D eigenvalue weighted by Gasteiger charge is -2.08. The lowest BCUT2D eigenvalue weighted by Crippen LogP contribution is -2.02. The second kappa shape index (κ2) is 5.91. The highest BCUT2D eigenvalue weighted by Crippen LogP contribution is 2.19. The van der Waals surface area contributed by atoms with E-state index in [1.54, 1.807) is 0 Å². The Bertz CT molecular complexity index is 505. The Morgan fingerprint density at radius 2 is 1.94 bits per heavy atom. The van der Waals surface area contributed by atoms with Crippen molar-refractivity contribution in [3.63, 3.8) is 0 Å². The van der Waals surface area contributed by atoms with E-state index in [1.807, 2.05) is 42.1 Å². The van der Waals surface area contributed by atoms with Crippen molar-refractivity contribution in [1.29, 1.82) is 0 Å². The van der Waals surface area contributed by atoms with Gasteiger partial charge >= 0.3 is 0 Å². The molecule has 96 valence electrons. The monoisotopic (exact) mass is 264 g/mol. The normalized spacial score (nSPS) is 10.6. The van der Waals surface area contributed by atoms with Crippen LogP contribution in [0.1, 0.15) is 25.1 Å². The molecule has 0 aliphatic rings. The summed E-state index contributed by atoms with van der Waals surface area (Å²) < 4.78 is 7.37. The summed E-state index contributed by atoms with van der Waals surface area (Å²) in [5, 5.41) is 4.40. The first-order chi connectivity index (χ1) is 8.80. The maximum atomic E-state index is 5.90. The van der Waals surface area contributed by atoms with Gasteiger partial charge in [0.2, 0.25) is 0 Å². The average Bonchev–Trinajstić information content (AvgIpc) is 2.82. The standard InChI is InChI=1S/C14H17ClN2O/c1-3-14-11(9-15)10-16-17(14)12-5-7-13(8-6-12)18-4-2/h5-8,10H,3-4,9H2,1-2H3. The summed E-state index contributed by atoms with van der Waals surface area (Å²) >= 11 is 5.90. The number of benzene rings is 1. The molecule has 18 heavy (non-hydrogen) atoms. The minimum atomic E-state index is 0.500. The molecule has 0 radical (unpaired) electrons. The SMILES string of the molecule is CCOc1ccc(-n2ncc(CCl)c2CC)cc1. The largest absolute Gasteiger partial charge is 0.494 e. The number of hydrogen-bond donors (Lipinski definition) is 0. The fourth-order valence-corrected chi connectivity index (χ4v) is 2.19. The van der Waals surface area contributed by atoms with Crippen molar-refractivity contribution in [3.05, 3.63) is 41.7 Å². The van der Waals surface area contributed by atoms with Crippen LogP contribution in [-0.4, -0.2) is 16.4 Å². The molecule has 0 saturated heterocycles. The molecule has 0 unspecified atom stereocenters. The van der Waals surface area contributed by atoms with Crippen molar-refractivity contribution in [3.8, 4) is 11.4 Å². The molecule has 2 rings (SSSR count). The van der Waals surface area contributed by atoms with E-state index in [1.165, 1.54) is 0 Å². The summed E-state index contributed by atoms with van der Waals surface area (Å²) in [4.78, 5) is 0. The highest BCUT2D eigenvalue weighted by molar-refractivity contribution is 6.17. The third-order valence-electron chi connectivity index (χ3n) is 2.83. The van der Waals surface area contributed by atoms with Gasteiger partial charge in [0.1, 0.15) is 5.75 Å². The van der Waals surface area contributed by atoms with Gasteiger partial charge in [0, 0.05) is 11.3 Å². The fraction of sp³-hybridized carbons (Fsp3) is 0.357. The van der Waals surface area contributed by atoms with Gasteiger partial charge in [0.05, 0.1) is 24.4 Å². The predicted molar refractivity (Wildman–Crippen MR) is 73.7 cm³/mol. The summed E-state index contributed by atoms with van der Waals surface area (Å²) in [6.45, 7) is 4.76. The van der Waals surface area contributed by atoms with Gasteiger partial charge in [-0.05, 0) is 37.6 Å². The van der Waals surface area contributed by atoms with Gasteiger partial charge in [0.25, 0.3) is 0 Å². The van der Waals surface area contributed by atoms with Gasteiger partial charge in [-0.3, -0.25) is 0 Å². The van der Waals surface area contributed by atoms with Crippen molar-refractivity contribution in [2.24, 2.45) is 0 Å². The van der Waals surface area contributed by atoms with Gasteiger partial charge in [-0.15, -0.1) is 11.6 Å². The van der Waals surface area contributed by atoms with E-state index in [0.717, 1.165) is 29.1 Å². The molecule has 4 heteroatoms. The highest BCUT2D eigenvalue weighted by atomic mass is 35.5. The van der Waals surface area contributed by atoms with Gasteiger partial charge in [-0.2, -0.15) is 5.10 Å². The molecule has 2 aromatic rings. The maximum absolute atomic E-state index is 5.90. The molecule has 1 heterocycles. The van der Waals surface area contributed by atoms with Crippen LogP contribution in [0.2, 0.25) is 0 Å². The van der Waals surface area contributed by atoms with E-state index in [-0.39, 0.29) is 0 Å². The topological polar surface area (TPSA) is 27.1 Å². The van der Waals surface area contributed by atoms with Crippen LogP contribution in [0, 0.1) is 0 Å². The second-order valence-corrected chi connectivity index (χ2v) is 4.21. The molecule has 3 nitrogen and oxygen atoms in total. The van der Waals surface area contributed by atoms with Gasteiger partial charge in [-0.1, -0.05) is 6.92 Å². The highest BCUT2D eigenvalue weighted by Gasteiger charge is 2.09. The van der Waals surface area contributed by atoms with Crippen LogP contribution < -0.4 is 4.74 Å². The minimum Gasteiger partial charge on any atom is -0.494 e. The first-order valence-electron chi connectivity index (χ1n) is 6.15. The summed E-state index contributed by atoms with van der Waals surface area (Å²) in [6.07, 6.45) is 2.75. The number of ether oxygens (including phenoxy) is 1. The molecule has 0 N–H and O–H groups in total. The number of nitrogens with zero attached hydrogens (tertiary/aromatic N) is 2. The smallest absolute Gasteiger partial charge is 0.119 e. The van der Waals surface area contributed by atoms with Crippen molar-refractivity contribution in [2.45, 2.75) is 26.1 Å². The van der Waals surface area contributed by atoms with Crippen LogP contribution >= 0.6 is 11.6 Å². The predicted octanol–water partition coefficient (Wildman–Crippen LogP) is 3.57.